The summed E-state index contributed by atoms with van der Waals surface area (Å²) in [5.41, 5.74) is 1.52. The molecule has 1 fully saturated rings. The number of pyridine rings is 1. The fourth-order valence-corrected chi connectivity index (χ4v) is 2.77. The van der Waals surface area contributed by atoms with E-state index in [4.69, 9.17) is 0 Å². The van der Waals surface area contributed by atoms with Crippen LogP contribution in [0.5, 0.6) is 0 Å². The van der Waals surface area contributed by atoms with Gasteiger partial charge in [0.1, 0.15) is 6.54 Å². The van der Waals surface area contributed by atoms with E-state index in [1.54, 1.807) is 0 Å². The average molecular weight is 305 g/mol. The molecular weight excluding hydrogens is 282 g/mol. The highest BCUT2D eigenvalue weighted by Gasteiger charge is 2.19. The van der Waals surface area contributed by atoms with E-state index in [0.717, 1.165) is 30.8 Å². The van der Waals surface area contributed by atoms with Crippen molar-refractivity contribution >= 4 is 11.8 Å². The molecule has 0 radical (unpaired) electrons. The van der Waals surface area contributed by atoms with Crippen molar-refractivity contribution < 1.29 is 9.59 Å². The summed E-state index contributed by atoms with van der Waals surface area (Å²) < 4.78 is 1.82. The Morgan fingerprint density at radius 2 is 1.91 bits per heavy atom. The molecule has 1 aliphatic heterocycles. The Morgan fingerprint density at radius 3 is 2.50 bits per heavy atom. The summed E-state index contributed by atoms with van der Waals surface area (Å²) in [6.07, 6.45) is 2.35. The van der Waals surface area contributed by atoms with Crippen LogP contribution in [-0.4, -0.2) is 40.9 Å². The summed E-state index contributed by atoms with van der Waals surface area (Å²) >= 11 is 0. The molecule has 0 aliphatic carbocycles. The minimum absolute atomic E-state index is 0.0399. The summed E-state index contributed by atoms with van der Waals surface area (Å²) in [5.74, 6) is 0.133. The van der Waals surface area contributed by atoms with E-state index in [1.807, 2.05) is 23.3 Å². The number of amides is 2. The largest absolute Gasteiger partial charge is 0.354 e. The molecule has 6 nitrogen and oxygen atoms in total. The van der Waals surface area contributed by atoms with Crippen LogP contribution in [0.2, 0.25) is 0 Å². The first-order valence-corrected chi connectivity index (χ1v) is 7.70. The monoisotopic (exact) mass is 305 g/mol. The van der Waals surface area contributed by atoms with Crippen LogP contribution in [0, 0.1) is 13.8 Å². The van der Waals surface area contributed by atoms with Gasteiger partial charge < -0.3 is 14.8 Å². The van der Waals surface area contributed by atoms with Gasteiger partial charge in [0.15, 0.2) is 5.43 Å². The van der Waals surface area contributed by atoms with E-state index >= 15 is 0 Å². The number of nitrogens with one attached hydrogen (secondary N) is 1. The summed E-state index contributed by atoms with van der Waals surface area (Å²) in [6.45, 7) is 5.95. The fourth-order valence-electron chi connectivity index (χ4n) is 2.77. The summed E-state index contributed by atoms with van der Waals surface area (Å²) in [6, 6.07) is 3.05. The van der Waals surface area contributed by atoms with Crippen molar-refractivity contribution in [2.75, 3.05) is 19.6 Å². The molecule has 2 amide bonds. The van der Waals surface area contributed by atoms with Crippen molar-refractivity contribution in [3.63, 3.8) is 0 Å². The van der Waals surface area contributed by atoms with E-state index in [-0.39, 0.29) is 23.8 Å². The Bertz CT molecular complexity index is 595. The first-order valence-electron chi connectivity index (χ1n) is 7.70. The molecular formula is C16H23N3O3. The molecule has 1 aromatic rings. The third kappa shape index (κ3) is 4.19. The quantitative estimate of drug-likeness (QED) is 0.782. The number of likely N-dealkylation sites (tertiary alicyclic amines) is 1. The molecule has 22 heavy (non-hydrogen) atoms. The van der Waals surface area contributed by atoms with Gasteiger partial charge in [-0.3, -0.25) is 14.4 Å². The Balaban J connectivity index is 1.76. The third-order valence-corrected chi connectivity index (χ3v) is 3.95. The van der Waals surface area contributed by atoms with Gasteiger partial charge in [0.25, 0.3) is 0 Å². The number of hydrogen-bond acceptors (Lipinski definition) is 3. The zero-order valence-electron chi connectivity index (χ0n) is 13.2. The second kappa shape index (κ2) is 7.24. The minimum atomic E-state index is -0.0809. The van der Waals surface area contributed by atoms with Crippen LogP contribution in [0.3, 0.4) is 0 Å². The highest BCUT2D eigenvalue weighted by Crippen LogP contribution is 2.09. The third-order valence-electron chi connectivity index (χ3n) is 3.95. The normalized spacial score (nSPS) is 14.5. The molecule has 0 aromatic carbocycles. The van der Waals surface area contributed by atoms with Crippen LogP contribution in [0.4, 0.5) is 0 Å². The molecule has 2 heterocycles. The number of carbonyl (C=O) groups is 2. The number of aromatic nitrogens is 1. The van der Waals surface area contributed by atoms with Gasteiger partial charge in [-0.1, -0.05) is 0 Å². The van der Waals surface area contributed by atoms with Crippen LogP contribution >= 0.6 is 0 Å². The first kappa shape index (κ1) is 16.3. The lowest BCUT2D eigenvalue weighted by atomic mass is 10.3. The van der Waals surface area contributed by atoms with Gasteiger partial charge >= 0.3 is 0 Å². The molecule has 1 N–H and O–H groups in total. The SMILES string of the molecule is Cc1cc(=O)cc(C)n1CC(=O)NCCCN1CCCC1=O. The van der Waals surface area contributed by atoms with E-state index in [2.05, 4.69) is 5.32 Å². The van der Waals surface area contributed by atoms with E-state index in [1.165, 1.54) is 12.1 Å². The van der Waals surface area contributed by atoms with Crippen LogP contribution in [0.15, 0.2) is 16.9 Å². The van der Waals surface area contributed by atoms with Gasteiger partial charge in [0, 0.05) is 49.6 Å². The summed E-state index contributed by atoms with van der Waals surface area (Å²) in [7, 11) is 0. The van der Waals surface area contributed by atoms with Gasteiger partial charge in [0.05, 0.1) is 0 Å². The van der Waals surface area contributed by atoms with E-state index in [9.17, 15) is 14.4 Å². The molecule has 1 aliphatic rings. The summed E-state index contributed by atoms with van der Waals surface area (Å²) in [4.78, 5) is 36.6. The maximum atomic E-state index is 12.0. The predicted octanol–water partition coefficient (Wildman–Crippen LogP) is 0.594. The zero-order chi connectivity index (χ0) is 16.1. The molecule has 0 saturated carbocycles. The van der Waals surface area contributed by atoms with Crippen molar-refractivity contribution in [3.05, 3.63) is 33.7 Å². The molecule has 0 bridgehead atoms. The topological polar surface area (TPSA) is 71.4 Å². The number of hydrogen-bond donors (Lipinski definition) is 1. The lowest BCUT2D eigenvalue weighted by Crippen LogP contribution is -2.33. The lowest BCUT2D eigenvalue weighted by Gasteiger charge is -2.16. The van der Waals surface area contributed by atoms with Crippen LogP contribution < -0.4 is 10.7 Å². The van der Waals surface area contributed by atoms with Gasteiger partial charge in [-0.25, -0.2) is 0 Å². The number of nitrogens with zero attached hydrogens (tertiary/aromatic N) is 2. The zero-order valence-corrected chi connectivity index (χ0v) is 13.2. The van der Waals surface area contributed by atoms with E-state index < -0.39 is 0 Å². The second-order valence-corrected chi connectivity index (χ2v) is 5.75. The Labute approximate surface area is 130 Å². The van der Waals surface area contributed by atoms with Crippen molar-refractivity contribution in [3.8, 4) is 0 Å². The highest BCUT2D eigenvalue weighted by atomic mass is 16.2. The Morgan fingerprint density at radius 1 is 1.23 bits per heavy atom. The maximum Gasteiger partial charge on any atom is 0.239 e. The molecule has 120 valence electrons. The lowest BCUT2D eigenvalue weighted by molar-refractivity contribution is -0.127. The molecule has 2 rings (SSSR count). The van der Waals surface area contributed by atoms with Crippen LogP contribution in [0.1, 0.15) is 30.7 Å². The van der Waals surface area contributed by atoms with E-state index in [0.29, 0.717) is 19.5 Å². The van der Waals surface area contributed by atoms with Crippen molar-refractivity contribution in [2.24, 2.45) is 0 Å². The molecule has 1 saturated heterocycles. The molecule has 1 aromatic heterocycles. The molecule has 0 atom stereocenters. The Hall–Kier alpha value is -2.11. The maximum absolute atomic E-state index is 12.0. The van der Waals surface area contributed by atoms with Crippen LogP contribution in [-0.2, 0) is 16.1 Å². The number of aryl methyl sites for hydroxylation is 2. The minimum Gasteiger partial charge on any atom is -0.354 e. The highest BCUT2D eigenvalue weighted by molar-refractivity contribution is 5.78. The molecule has 6 heteroatoms. The first-order chi connectivity index (χ1) is 10.5. The van der Waals surface area contributed by atoms with Gasteiger partial charge in [-0.15, -0.1) is 0 Å². The van der Waals surface area contributed by atoms with Gasteiger partial charge in [0.2, 0.25) is 11.8 Å². The van der Waals surface area contributed by atoms with Crippen molar-refractivity contribution in [1.82, 2.24) is 14.8 Å². The standard InChI is InChI=1S/C16H23N3O3/c1-12-9-14(20)10-13(2)19(12)11-15(21)17-6-4-8-18-7-3-5-16(18)22/h9-10H,3-8,11H2,1-2H3,(H,17,21). The summed E-state index contributed by atoms with van der Waals surface area (Å²) in [5, 5.41) is 2.86. The molecule has 0 unspecified atom stereocenters. The average Bonchev–Trinajstić information content (AvgIpc) is 2.84. The van der Waals surface area contributed by atoms with Crippen molar-refractivity contribution in [2.45, 2.75) is 39.7 Å². The van der Waals surface area contributed by atoms with Crippen molar-refractivity contribution in [1.29, 1.82) is 0 Å². The van der Waals surface area contributed by atoms with Gasteiger partial charge in [-0.05, 0) is 26.7 Å². The number of carbonyl (C=O) groups excluding carboxylic acids is 2. The fraction of sp³-hybridized carbons (Fsp3) is 0.562. The molecule has 0 spiro atoms. The number of rotatable bonds is 6. The second-order valence-electron chi connectivity index (χ2n) is 5.75. The van der Waals surface area contributed by atoms with Gasteiger partial charge in [-0.2, -0.15) is 0 Å². The Kier molecular flexibility index (Phi) is 5.35. The predicted molar refractivity (Wildman–Crippen MR) is 83.6 cm³/mol. The van der Waals surface area contributed by atoms with Crippen LogP contribution in [0.25, 0.3) is 0 Å². The smallest absolute Gasteiger partial charge is 0.239 e.